The van der Waals surface area contributed by atoms with Gasteiger partial charge in [-0.05, 0) is 6.92 Å². The summed E-state index contributed by atoms with van der Waals surface area (Å²) in [7, 11) is 0. The van der Waals surface area contributed by atoms with Gasteiger partial charge in [0.2, 0.25) is 0 Å². The van der Waals surface area contributed by atoms with Crippen LogP contribution in [0.3, 0.4) is 0 Å². The number of hydrogen-bond acceptors (Lipinski definition) is 5. The van der Waals surface area contributed by atoms with Crippen LogP contribution in [0, 0.1) is 0 Å². The van der Waals surface area contributed by atoms with Crippen LogP contribution in [-0.2, 0) is 9.53 Å². The Balaban J connectivity index is 2.07. The molecule has 18 heavy (non-hydrogen) atoms. The normalized spacial score (nSPS) is 21.1. The number of β-amino-alcohol motifs (C(OH)–C–C–N with tert-alkyl or cyclic N) is 1. The summed E-state index contributed by atoms with van der Waals surface area (Å²) >= 11 is 0. The van der Waals surface area contributed by atoms with E-state index in [4.69, 9.17) is 4.74 Å². The van der Waals surface area contributed by atoms with Gasteiger partial charge in [-0.1, -0.05) is 0 Å². The molecule has 7 nitrogen and oxygen atoms in total. The Kier molecular flexibility index (Phi) is 3.83. The smallest absolute Gasteiger partial charge is 0.337 e. The van der Waals surface area contributed by atoms with Crippen molar-refractivity contribution in [2.75, 3.05) is 32.8 Å². The van der Waals surface area contributed by atoms with E-state index in [0.29, 0.717) is 37.5 Å². The van der Waals surface area contributed by atoms with Crippen molar-refractivity contribution in [3.05, 3.63) is 11.3 Å². The van der Waals surface area contributed by atoms with Gasteiger partial charge in [0.15, 0.2) is 0 Å². The zero-order valence-corrected chi connectivity index (χ0v) is 10.2. The van der Waals surface area contributed by atoms with E-state index in [-0.39, 0.29) is 18.7 Å². The Morgan fingerprint density at radius 2 is 2.28 bits per heavy atom. The van der Waals surface area contributed by atoms with Gasteiger partial charge in [-0.3, -0.25) is 4.90 Å². The van der Waals surface area contributed by atoms with Gasteiger partial charge in [0.05, 0.1) is 24.8 Å². The van der Waals surface area contributed by atoms with E-state index in [1.165, 1.54) is 0 Å². The monoisotopic (exact) mass is 255 g/mol. The van der Waals surface area contributed by atoms with Crippen molar-refractivity contribution < 1.29 is 19.4 Å². The minimum absolute atomic E-state index is 0.177. The molecule has 2 rings (SSSR count). The van der Waals surface area contributed by atoms with Crippen LogP contribution >= 0.6 is 0 Å². The molecule has 0 radical (unpaired) electrons. The van der Waals surface area contributed by atoms with Crippen LogP contribution in [0.5, 0.6) is 0 Å². The Bertz CT molecular complexity index is 388. The lowest BCUT2D eigenvalue weighted by Crippen LogP contribution is -2.54. The molecule has 1 saturated heterocycles. The Hall–Kier alpha value is -1.60. The summed E-state index contributed by atoms with van der Waals surface area (Å²) in [4.78, 5) is 25.0. The predicted molar refractivity (Wildman–Crippen MR) is 62.6 cm³/mol. The highest BCUT2D eigenvalue weighted by atomic mass is 16.5. The second-order valence-electron chi connectivity index (χ2n) is 4.33. The maximum absolute atomic E-state index is 11.7. The van der Waals surface area contributed by atoms with Gasteiger partial charge < -0.3 is 20.5 Å². The van der Waals surface area contributed by atoms with Gasteiger partial charge in [0.25, 0.3) is 0 Å². The quantitative estimate of drug-likeness (QED) is 0.549. The SMILES string of the molecule is CCOC(=O)C1=C(CN2CC(O)C2)NC(=O)NC1. The average Bonchev–Trinajstić information content (AvgIpc) is 2.27. The maximum atomic E-state index is 11.7. The summed E-state index contributed by atoms with van der Waals surface area (Å²) in [5.41, 5.74) is 1.00. The van der Waals surface area contributed by atoms with Gasteiger partial charge >= 0.3 is 12.0 Å². The lowest BCUT2D eigenvalue weighted by Gasteiger charge is -2.37. The third-order valence-corrected chi connectivity index (χ3v) is 2.90. The minimum atomic E-state index is -0.416. The summed E-state index contributed by atoms with van der Waals surface area (Å²) in [6.07, 6.45) is -0.311. The third kappa shape index (κ3) is 2.80. The first kappa shape index (κ1) is 12.8. The fourth-order valence-corrected chi connectivity index (χ4v) is 1.98. The number of nitrogens with one attached hydrogen (secondary N) is 2. The molecule has 1 fully saturated rings. The highest BCUT2D eigenvalue weighted by Gasteiger charge is 2.29. The Morgan fingerprint density at radius 1 is 1.56 bits per heavy atom. The van der Waals surface area contributed by atoms with E-state index in [1.807, 2.05) is 4.90 Å². The number of rotatable bonds is 4. The number of urea groups is 1. The Labute approximate surface area is 105 Å². The van der Waals surface area contributed by atoms with E-state index in [1.54, 1.807) is 6.92 Å². The highest BCUT2D eigenvalue weighted by molar-refractivity contribution is 5.93. The molecule has 0 unspecified atom stereocenters. The molecule has 0 bridgehead atoms. The molecule has 0 aromatic carbocycles. The van der Waals surface area contributed by atoms with E-state index in [2.05, 4.69) is 10.6 Å². The zero-order valence-electron chi connectivity index (χ0n) is 10.2. The van der Waals surface area contributed by atoms with Gasteiger partial charge in [-0.25, -0.2) is 9.59 Å². The van der Waals surface area contributed by atoms with Crippen LogP contribution < -0.4 is 10.6 Å². The van der Waals surface area contributed by atoms with Crippen molar-refractivity contribution in [2.45, 2.75) is 13.0 Å². The molecule has 0 aliphatic carbocycles. The number of carbonyl (C=O) groups is 2. The van der Waals surface area contributed by atoms with Crippen LogP contribution in [0.2, 0.25) is 0 Å². The second-order valence-corrected chi connectivity index (χ2v) is 4.33. The van der Waals surface area contributed by atoms with Gasteiger partial charge in [-0.2, -0.15) is 0 Å². The van der Waals surface area contributed by atoms with Crippen LogP contribution in [0.25, 0.3) is 0 Å². The zero-order chi connectivity index (χ0) is 13.1. The molecule has 0 spiro atoms. The summed E-state index contributed by atoms with van der Waals surface area (Å²) in [5.74, 6) is -0.416. The summed E-state index contributed by atoms with van der Waals surface area (Å²) in [6, 6.07) is -0.320. The number of nitrogens with zero attached hydrogens (tertiary/aromatic N) is 1. The molecule has 100 valence electrons. The van der Waals surface area contributed by atoms with Crippen molar-refractivity contribution in [1.82, 2.24) is 15.5 Å². The molecule has 2 aliphatic heterocycles. The number of esters is 1. The molecular formula is C11H17N3O4. The molecule has 2 amide bonds. The standard InChI is InChI=1S/C11H17N3O4/c1-2-18-10(16)8-3-12-11(17)13-9(8)6-14-4-7(15)5-14/h7,15H,2-6H2,1H3,(H2,12,13,17). The summed E-state index contributed by atoms with van der Waals surface area (Å²) in [5, 5.41) is 14.4. The number of ether oxygens (including phenoxy) is 1. The summed E-state index contributed by atoms with van der Waals surface area (Å²) in [6.45, 7) is 3.77. The van der Waals surface area contributed by atoms with Gasteiger partial charge in [-0.15, -0.1) is 0 Å². The van der Waals surface area contributed by atoms with E-state index in [9.17, 15) is 14.7 Å². The number of aliphatic hydroxyl groups excluding tert-OH is 1. The predicted octanol–water partition coefficient (Wildman–Crippen LogP) is -1.21. The number of carbonyl (C=O) groups excluding carboxylic acids is 2. The molecule has 0 saturated carbocycles. The molecular weight excluding hydrogens is 238 g/mol. The molecule has 2 aliphatic rings. The van der Waals surface area contributed by atoms with Crippen LogP contribution in [0.4, 0.5) is 4.79 Å². The number of aliphatic hydroxyl groups is 1. The first-order chi connectivity index (χ1) is 8.60. The first-order valence-corrected chi connectivity index (χ1v) is 5.94. The van der Waals surface area contributed by atoms with E-state index >= 15 is 0 Å². The Morgan fingerprint density at radius 3 is 2.89 bits per heavy atom. The molecule has 0 aromatic heterocycles. The number of hydrogen-bond donors (Lipinski definition) is 3. The maximum Gasteiger partial charge on any atom is 0.337 e. The topological polar surface area (TPSA) is 90.9 Å². The van der Waals surface area contributed by atoms with Crippen molar-refractivity contribution >= 4 is 12.0 Å². The summed E-state index contributed by atoms with van der Waals surface area (Å²) < 4.78 is 4.95. The average molecular weight is 255 g/mol. The second kappa shape index (κ2) is 5.36. The fourth-order valence-electron chi connectivity index (χ4n) is 1.98. The van der Waals surface area contributed by atoms with Gasteiger partial charge in [0, 0.05) is 25.3 Å². The highest BCUT2D eigenvalue weighted by Crippen LogP contribution is 2.14. The molecule has 2 heterocycles. The fraction of sp³-hybridized carbons (Fsp3) is 0.636. The largest absolute Gasteiger partial charge is 0.463 e. The van der Waals surface area contributed by atoms with Crippen LogP contribution in [0.1, 0.15) is 6.92 Å². The van der Waals surface area contributed by atoms with Crippen molar-refractivity contribution in [2.24, 2.45) is 0 Å². The van der Waals surface area contributed by atoms with Gasteiger partial charge in [0.1, 0.15) is 0 Å². The molecule has 7 heteroatoms. The van der Waals surface area contributed by atoms with Crippen molar-refractivity contribution in [3.63, 3.8) is 0 Å². The number of amides is 2. The van der Waals surface area contributed by atoms with E-state index in [0.717, 1.165) is 0 Å². The number of likely N-dealkylation sites (tertiary alicyclic amines) is 1. The molecule has 0 aromatic rings. The lowest BCUT2D eigenvalue weighted by molar-refractivity contribution is -0.138. The van der Waals surface area contributed by atoms with Crippen LogP contribution in [0.15, 0.2) is 11.3 Å². The van der Waals surface area contributed by atoms with Crippen molar-refractivity contribution in [1.29, 1.82) is 0 Å². The molecule has 0 atom stereocenters. The molecule has 3 N–H and O–H groups in total. The van der Waals surface area contributed by atoms with Crippen LogP contribution in [-0.4, -0.2) is 60.9 Å². The third-order valence-electron chi connectivity index (χ3n) is 2.90. The first-order valence-electron chi connectivity index (χ1n) is 5.94. The van der Waals surface area contributed by atoms with Crippen molar-refractivity contribution in [3.8, 4) is 0 Å². The van der Waals surface area contributed by atoms with E-state index < -0.39 is 5.97 Å². The lowest BCUT2D eigenvalue weighted by atomic mass is 10.1. The minimum Gasteiger partial charge on any atom is -0.463 e.